The van der Waals surface area contributed by atoms with E-state index in [1.165, 1.54) is 0 Å². The van der Waals surface area contributed by atoms with E-state index in [9.17, 15) is 9.59 Å². The van der Waals surface area contributed by atoms with Crippen LogP contribution in [-0.4, -0.2) is 64.8 Å². The van der Waals surface area contributed by atoms with Crippen LogP contribution in [0.15, 0.2) is 24.3 Å². The summed E-state index contributed by atoms with van der Waals surface area (Å²) in [4.78, 5) is 27.2. The van der Waals surface area contributed by atoms with E-state index >= 15 is 0 Å². The maximum absolute atomic E-state index is 12.9. The van der Waals surface area contributed by atoms with Crippen LogP contribution in [0, 0.1) is 18.8 Å². The van der Waals surface area contributed by atoms with E-state index < -0.39 is 0 Å². The van der Waals surface area contributed by atoms with Gasteiger partial charge in [0.15, 0.2) is 0 Å². The highest BCUT2D eigenvalue weighted by molar-refractivity contribution is 5.90. The third-order valence-corrected chi connectivity index (χ3v) is 6.02. The molecule has 29 heavy (non-hydrogen) atoms. The fourth-order valence-electron chi connectivity index (χ4n) is 4.32. The van der Waals surface area contributed by atoms with Crippen molar-refractivity contribution < 1.29 is 14.3 Å². The van der Waals surface area contributed by atoms with E-state index in [0.29, 0.717) is 43.8 Å². The van der Waals surface area contributed by atoms with Gasteiger partial charge in [-0.1, -0.05) is 24.3 Å². The van der Waals surface area contributed by atoms with E-state index in [-0.39, 0.29) is 11.8 Å². The number of aromatic nitrogens is 3. The Morgan fingerprint density at radius 2 is 1.97 bits per heavy atom. The summed E-state index contributed by atoms with van der Waals surface area (Å²) in [5.74, 6) is 1.81. The number of hydrogen-bond donors (Lipinski definition) is 1. The van der Waals surface area contributed by atoms with Gasteiger partial charge < -0.3 is 19.5 Å². The van der Waals surface area contributed by atoms with Crippen molar-refractivity contribution in [3.8, 4) is 0 Å². The van der Waals surface area contributed by atoms with Crippen LogP contribution in [0.25, 0.3) is 0 Å². The molecule has 4 rings (SSSR count). The quantitative estimate of drug-likeness (QED) is 0.730. The number of benzene rings is 1. The lowest BCUT2D eigenvalue weighted by Crippen LogP contribution is -2.34. The number of carbonyl (C=O) groups excluding carboxylic acids is 2. The van der Waals surface area contributed by atoms with Crippen molar-refractivity contribution >= 4 is 11.8 Å². The zero-order valence-corrected chi connectivity index (χ0v) is 16.9. The molecular formula is C21H27N5O3. The number of nitrogens with one attached hydrogen (secondary N) is 1. The molecule has 154 valence electrons. The average molecular weight is 397 g/mol. The number of carbonyl (C=O) groups is 2. The molecule has 0 unspecified atom stereocenters. The van der Waals surface area contributed by atoms with Gasteiger partial charge in [0.05, 0.1) is 13.0 Å². The molecule has 0 bridgehead atoms. The molecule has 2 amide bonds. The number of likely N-dealkylation sites (tertiary alicyclic amines) is 1. The first-order chi connectivity index (χ1) is 14.1. The maximum atomic E-state index is 12.9. The minimum Gasteiger partial charge on any atom is -0.383 e. The lowest BCUT2D eigenvalue weighted by Gasteiger charge is -2.25. The average Bonchev–Trinajstić information content (AvgIpc) is 3.31. The summed E-state index contributed by atoms with van der Waals surface area (Å²) in [6.07, 6.45) is 1.18. The Bertz CT molecular complexity index is 909. The zero-order chi connectivity index (χ0) is 20.4. The number of amides is 2. The van der Waals surface area contributed by atoms with Crippen molar-refractivity contribution in [1.82, 2.24) is 25.0 Å². The van der Waals surface area contributed by atoms with Gasteiger partial charge in [-0.25, -0.2) is 0 Å². The Morgan fingerprint density at radius 3 is 2.76 bits per heavy atom. The Balaban J connectivity index is 1.40. The molecule has 2 aliphatic rings. The van der Waals surface area contributed by atoms with Crippen LogP contribution < -0.4 is 5.32 Å². The molecule has 1 fully saturated rings. The number of rotatable bonds is 6. The second-order valence-corrected chi connectivity index (χ2v) is 7.93. The summed E-state index contributed by atoms with van der Waals surface area (Å²) < 4.78 is 6.88. The van der Waals surface area contributed by atoms with E-state index in [0.717, 1.165) is 36.5 Å². The van der Waals surface area contributed by atoms with E-state index in [1.54, 1.807) is 7.11 Å². The molecule has 0 radical (unpaired) electrons. The molecule has 3 heterocycles. The molecule has 1 aromatic heterocycles. The fourth-order valence-corrected chi connectivity index (χ4v) is 4.32. The van der Waals surface area contributed by atoms with Gasteiger partial charge in [-0.05, 0) is 29.9 Å². The van der Waals surface area contributed by atoms with Gasteiger partial charge in [0.25, 0.3) is 5.91 Å². The van der Waals surface area contributed by atoms with Crippen LogP contribution in [0.3, 0.4) is 0 Å². The van der Waals surface area contributed by atoms with Crippen molar-refractivity contribution in [1.29, 1.82) is 0 Å². The number of aryl methyl sites for hydroxylation is 1. The van der Waals surface area contributed by atoms with Gasteiger partial charge >= 0.3 is 0 Å². The third-order valence-electron chi connectivity index (χ3n) is 6.02. The summed E-state index contributed by atoms with van der Waals surface area (Å²) in [6.45, 7) is 5.07. The third kappa shape index (κ3) is 4.03. The van der Waals surface area contributed by atoms with Crippen molar-refractivity contribution in [3.05, 3.63) is 47.0 Å². The van der Waals surface area contributed by atoms with Gasteiger partial charge in [0.1, 0.15) is 5.82 Å². The molecule has 8 nitrogen and oxygen atoms in total. The van der Waals surface area contributed by atoms with Crippen LogP contribution in [0.2, 0.25) is 0 Å². The summed E-state index contributed by atoms with van der Waals surface area (Å²) >= 11 is 0. The highest BCUT2D eigenvalue weighted by Crippen LogP contribution is 2.33. The summed E-state index contributed by atoms with van der Waals surface area (Å²) in [6, 6.07) is 8.03. The second-order valence-electron chi connectivity index (χ2n) is 7.93. The van der Waals surface area contributed by atoms with Gasteiger partial charge in [0.2, 0.25) is 11.7 Å². The van der Waals surface area contributed by atoms with Crippen molar-refractivity contribution in [2.24, 2.45) is 11.8 Å². The SMILES string of the molecule is COCCNC(=O)c1nnc2n1C[C@@H]1CN(C(=O)Cc3ccccc3C)C[C@@H]1C2. The summed E-state index contributed by atoms with van der Waals surface area (Å²) in [5.41, 5.74) is 2.23. The van der Waals surface area contributed by atoms with Crippen molar-refractivity contribution in [2.75, 3.05) is 33.4 Å². The normalized spacial score (nSPS) is 20.3. The lowest BCUT2D eigenvalue weighted by atomic mass is 9.89. The standard InChI is InChI=1S/C21H27N5O3/c1-14-5-3-4-6-15(14)10-19(27)25-11-16-9-18-23-24-20(21(28)22-7-8-29-2)26(18)13-17(16)12-25/h3-6,16-17H,7-13H2,1-2H3,(H,22,28)/t16-,17-/m0/s1. The first-order valence-electron chi connectivity index (χ1n) is 10.1. The van der Waals surface area contributed by atoms with Crippen LogP contribution in [0.5, 0.6) is 0 Å². The molecule has 0 aliphatic carbocycles. The molecule has 1 aromatic carbocycles. The summed E-state index contributed by atoms with van der Waals surface area (Å²) in [7, 11) is 1.59. The highest BCUT2D eigenvalue weighted by Gasteiger charge is 2.40. The van der Waals surface area contributed by atoms with Crippen LogP contribution in [0.4, 0.5) is 0 Å². The maximum Gasteiger partial charge on any atom is 0.289 e. The number of hydrogen-bond acceptors (Lipinski definition) is 5. The van der Waals surface area contributed by atoms with Crippen molar-refractivity contribution in [3.63, 3.8) is 0 Å². The first-order valence-corrected chi connectivity index (χ1v) is 10.1. The van der Waals surface area contributed by atoms with Crippen LogP contribution in [0.1, 0.15) is 27.6 Å². The van der Waals surface area contributed by atoms with Gasteiger partial charge in [0, 0.05) is 39.7 Å². The van der Waals surface area contributed by atoms with E-state index in [1.807, 2.05) is 40.7 Å². The topological polar surface area (TPSA) is 89.3 Å². The molecule has 0 spiro atoms. The minimum atomic E-state index is -0.232. The number of fused-ring (bicyclic) bond motifs is 2. The van der Waals surface area contributed by atoms with E-state index in [2.05, 4.69) is 15.5 Å². The number of methoxy groups -OCH3 is 1. The molecule has 2 aromatic rings. The first kappa shape index (κ1) is 19.6. The zero-order valence-electron chi connectivity index (χ0n) is 16.9. The molecule has 2 aliphatic heterocycles. The van der Waals surface area contributed by atoms with E-state index in [4.69, 9.17) is 4.74 Å². The number of nitrogens with zero attached hydrogens (tertiary/aromatic N) is 4. The largest absolute Gasteiger partial charge is 0.383 e. The molecule has 8 heteroatoms. The molecule has 0 saturated carbocycles. The van der Waals surface area contributed by atoms with Crippen LogP contribution in [-0.2, 0) is 28.9 Å². The molecule has 2 atom stereocenters. The Hall–Kier alpha value is -2.74. The molecular weight excluding hydrogens is 370 g/mol. The predicted octanol–water partition coefficient (Wildman–Crippen LogP) is 0.836. The number of ether oxygens (including phenoxy) is 1. The predicted molar refractivity (Wildman–Crippen MR) is 106 cm³/mol. The second kappa shape index (κ2) is 8.32. The highest BCUT2D eigenvalue weighted by atomic mass is 16.5. The van der Waals surface area contributed by atoms with Gasteiger partial charge in [-0.3, -0.25) is 9.59 Å². The lowest BCUT2D eigenvalue weighted by molar-refractivity contribution is -0.129. The van der Waals surface area contributed by atoms with Crippen LogP contribution >= 0.6 is 0 Å². The fraction of sp³-hybridized carbons (Fsp3) is 0.524. The van der Waals surface area contributed by atoms with Gasteiger partial charge in [-0.2, -0.15) is 0 Å². The monoisotopic (exact) mass is 397 g/mol. The smallest absolute Gasteiger partial charge is 0.289 e. The Morgan fingerprint density at radius 1 is 1.17 bits per heavy atom. The Kier molecular flexibility index (Phi) is 5.62. The van der Waals surface area contributed by atoms with Gasteiger partial charge in [-0.15, -0.1) is 10.2 Å². The summed E-state index contributed by atoms with van der Waals surface area (Å²) in [5, 5.41) is 11.1. The van der Waals surface area contributed by atoms with Crippen molar-refractivity contribution in [2.45, 2.75) is 26.3 Å². The molecule has 1 saturated heterocycles. The minimum absolute atomic E-state index is 0.169. The molecule has 1 N–H and O–H groups in total. The Labute approximate surface area is 170 Å².